The summed E-state index contributed by atoms with van der Waals surface area (Å²) in [5.74, 6) is -0.355. The standard InChI is InChI=1S/C15H12ClNO4/c1-9-2-4-11(21-9)5-7-14(18)17-13-8-10(16)3-6-12(13)15(19)20/h2-8H,1H3,(H,17,18)(H,19,20)/b7-5+. The average Bonchev–Trinajstić information content (AvgIpc) is 2.82. The molecule has 0 aliphatic heterocycles. The lowest BCUT2D eigenvalue weighted by Crippen LogP contribution is -2.12. The number of carboxylic acid groups (broad SMARTS) is 1. The van der Waals surface area contributed by atoms with E-state index in [0.717, 1.165) is 5.76 Å². The highest BCUT2D eigenvalue weighted by atomic mass is 35.5. The van der Waals surface area contributed by atoms with Gasteiger partial charge in [-0.15, -0.1) is 0 Å². The van der Waals surface area contributed by atoms with Crippen molar-refractivity contribution in [2.24, 2.45) is 0 Å². The number of hydrogen-bond donors (Lipinski definition) is 2. The number of aromatic carboxylic acids is 1. The van der Waals surface area contributed by atoms with Crippen molar-refractivity contribution in [3.05, 3.63) is 58.5 Å². The third-order valence-corrected chi connectivity index (χ3v) is 2.87. The average molecular weight is 306 g/mol. The van der Waals surface area contributed by atoms with Crippen LogP contribution in [0.4, 0.5) is 5.69 Å². The van der Waals surface area contributed by atoms with E-state index in [4.69, 9.17) is 21.1 Å². The third kappa shape index (κ3) is 3.97. The summed E-state index contributed by atoms with van der Waals surface area (Å²) in [6.45, 7) is 1.79. The van der Waals surface area contributed by atoms with E-state index < -0.39 is 11.9 Å². The highest BCUT2D eigenvalue weighted by molar-refractivity contribution is 6.31. The summed E-state index contributed by atoms with van der Waals surface area (Å²) in [6.07, 6.45) is 2.75. The van der Waals surface area contributed by atoms with Gasteiger partial charge in [0.05, 0.1) is 11.3 Å². The van der Waals surface area contributed by atoms with Crippen LogP contribution in [0.1, 0.15) is 21.9 Å². The number of amides is 1. The van der Waals surface area contributed by atoms with Crippen LogP contribution in [0.5, 0.6) is 0 Å². The number of aryl methyl sites for hydroxylation is 1. The van der Waals surface area contributed by atoms with Gasteiger partial charge in [0.15, 0.2) is 0 Å². The molecule has 0 radical (unpaired) electrons. The van der Waals surface area contributed by atoms with Crippen LogP contribution < -0.4 is 5.32 Å². The van der Waals surface area contributed by atoms with Crippen molar-refractivity contribution in [1.29, 1.82) is 0 Å². The van der Waals surface area contributed by atoms with Gasteiger partial charge in [-0.1, -0.05) is 11.6 Å². The lowest BCUT2D eigenvalue weighted by atomic mass is 10.2. The lowest BCUT2D eigenvalue weighted by molar-refractivity contribution is -0.111. The van der Waals surface area contributed by atoms with Gasteiger partial charge >= 0.3 is 5.97 Å². The lowest BCUT2D eigenvalue weighted by Gasteiger charge is -2.06. The number of halogens is 1. The normalized spacial score (nSPS) is 10.8. The van der Waals surface area contributed by atoms with E-state index in [9.17, 15) is 9.59 Å². The first-order valence-electron chi connectivity index (χ1n) is 6.04. The molecule has 1 amide bonds. The second-order valence-corrected chi connectivity index (χ2v) is 4.70. The van der Waals surface area contributed by atoms with Crippen LogP contribution in [0.2, 0.25) is 5.02 Å². The molecule has 1 aromatic carbocycles. The first-order chi connectivity index (χ1) is 9.95. The largest absolute Gasteiger partial charge is 0.478 e. The molecule has 0 saturated carbocycles. The first-order valence-corrected chi connectivity index (χ1v) is 6.42. The molecule has 2 aromatic rings. The van der Waals surface area contributed by atoms with Gasteiger partial charge < -0.3 is 14.8 Å². The Labute approximate surface area is 125 Å². The number of nitrogens with one attached hydrogen (secondary N) is 1. The van der Waals surface area contributed by atoms with Crippen molar-refractivity contribution in [2.45, 2.75) is 6.92 Å². The Morgan fingerprint density at radius 2 is 2.05 bits per heavy atom. The summed E-state index contributed by atoms with van der Waals surface area (Å²) in [4.78, 5) is 22.9. The number of benzene rings is 1. The van der Waals surface area contributed by atoms with E-state index in [0.29, 0.717) is 10.8 Å². The van der Waals surface area contributed by atoms with Crippen LogP contribution in [0.3, 0.4) is 0 Å². The zero-order valence-electron chi connectivity index (χ0n) is 11.1. The van der Waals surface area contributed by atoms with Gasteiger partial charge in [0.1, 0.15) is 11.5 Å². The van der Waals surface area contributed by atoms with Crippen LogP contribution >= 0.6 is 11.6 Å². The number of anilines is 1. The van der Waals surface area contributed by atoms with Crippen LogP contribution in [0.15, 0.2) is 40.8 Å². The zero-order chi connectivity index (χ0) is 15.4. The van der Waals surface area contributed by atoms with Crippen LogP contribution in [-0.4, -0.2) is 17.0 Å². The number of carbonyl (C=O) groups excluding carboxylic acids is 1. The van der Waals surface area contributed by atoms with Crippen LogP contribution in [-0.2, 0) is 4.79 Å². The smallest absolute Gasteiger partial charge is 0.337 e. The molecular weight excluding hydrogens is 294 g/mol. The Morgan fingerprint density at radius 1 is 1.29 bits per heavy atom. The molecule has 1 aromatic heterocycles. The van der Waals surface area contributed by atoms with Gasteiger partial charge in [-0.05, 0) is 43.3 Å². The second-order valence-electron chi connectivity index (χ2n) is 4.27. The predicted molar refractivity (Wildman–Crippen MR) is 79.5 cm³/mol. The number of carboxylic acids is 1. The van der Waals surface area contributed by atoms with Crippen molar-refractivity contribution in [3.8, 4) is 0 Å². The van der Waals surface area contributed by atoms with Crippen molar-refractivity contribution >= 4 is 35.2 Å². The summed E-state index contributed by atoms with van der Waals surface area (Å²) >= 11 is 5.80. The molecule has 0 atom stereocenters. The fraction of sp³-hybridized carbons (Fsp3) is 0.0667. The molecule has 108 valence electrons. The molecule has 2 rings (SSSR count). The monoisotopic (exact) mass is 305 g/mol. The van der Waals surface area contributed by atoms with E-state index in [-0.39, 0.29) is 11.3 Å². The highest BCUT2D eigenvalue weighted by Gasteiger charge is 2.11. The second kappa shape index (κ2) is 6.28. The maximum absolute atomic E-state index is 11.8. The Bertz CT molecular complexity index is 718. The fourth-order valence-electron chi connectivity index (χ4n) is 1.68. The topological polar surface area (TPSA) is 79.5 Å². The minimum atomic E-state index is -1.15. The summed E-state index contributed by atoms with van der Waals surface area (Å²) in [6, 6.07) is 7.66. The summed E-state index contributed by atoms with van der Waals surface area (Å²) in [5.41, 5.74) is 0.107. The van der Waals surface area contributed by atoms with Crippen molar-refractivity contribution in [2.75, 3.05) is 5.32 Å². The number of rotatable bonds is 4. The molecule has 0 unspecified atom stereocenters. The molecule has 0 bridgehead atoms. The van der Waals surface area contributed by atoms with E-state index in [1.807, 2.05) is 0 Å². The summed E-state index contributed by atoms with van der Waals surface area (Å²) in [7, 11) is 0. The molecule has 6 heteroatoms. The maximum atomic E-state index is 11.8. The van der Waals surface area contributed by atoms with E-state index in [1.165, 1.54) is 30.4 Å². The molecule has 2 N–H and O–H groups in total. The maximum Gasteiger partial charge on any atom is 0.337 e. The quantitative estimate of drug-likeness (QED) is 0.846. The molecule has 0 fully saturated rings. The molecule has 1 heterocycles. The van der Waals surface area contributed by atoms with Gasteiger partial charge in [-0.3, -0.25) is 4.79 Å². The molecule has 0 aliphatic rings. The molecular formula is C15H12ClNO4. The Morgan fingerprint density at radius 3 is 2.67 bits per heavy atom. The van der Waals surface area contributed by atoms with Gasteiger partial charge in [0, 0.05) is 11.1 Å². The van der Waals surface area contributed by atoms with E-state index in [1.54, 1.807) is 19.1 Å². The summed E-state index contributed by atoms with van der Waals surface area (Å²) < 4.78 is 5.28. The van der Waals surface area contributed by atoms with Gasteiger partial charge in [0.25, 0.3) is 0 Å². The van der Waals surface area contributed by atoms with E-state index >= 15 is 0 Å². The minimum absolute atomic E-state index is 0.0324. The number of furan rings is 1. The predicted octanol–water partition coefficient (Wildman–Crippen LogP) is 3.59. The molecule has 0 spiro atoms. The van der Waals surface area contributed by atoms with E-state index in [2.05, 4.69) is 5.32 Å². The Kier molecular flexibility index (Phi) is 4.45. The number of carbonyl (C=O) groups is 2. The number of hydrogen-bond acceptors (Lipinski definition) is 3. The van der Waals surface area contributed by atoms with Crippen molar-refractivity contribution in [3.63, 3.8) is 0 Å². The molecule has 5 nitrogen and oxygen atoms in total. The van der Waals surface area contributed by atoms with Gasteiger partial charge in [-0.2, -0.15) is 0 Å². The molecule has 0 aliphatic carbocycles. The van der Waals surface area contributed by atoms with Crippen molar-refractivity contribution in [1.82, 2.24) is 0 Å². The SMILES string of the molecule is Cc1ccc(/C=C/C(=O)Nc2cc(Cl)ccc2C(=O)O)o1. The van der Waals surface area contributed by atoms with Crippen molar-refractivity contribution < 1.29 is 19.1 Å². The minimum Gasteiger partial charge on any atom is -0.478 e. The van der Waals surface area contributed by atoms with Crippen LogP contribution in [0.25, 0.3) is 6.08 Å². The molecule has 21 heavy (non-hydrogen) atoms. The Balaban J connectivity index is 2.14. The zero-order valence-corrected chi connectivity index (χ0v) is 11.8. The first kappa shape index (κ1) is 14.9. The third-order valence-electron chi connectivity index (χ3n) is 2.63. The van der Waals surface area contributed by atoms with Gasteiger partial charge in [0.2, 0.25) is 5.91 Å². The van der Waals surface area contributed by atoms with Gasteiger partial charge in [-0.25, -0.2) is 4.79 Å². The summed E-state index contributed by atoms with van der Waals surface area (Å²) in [5, 5.41) is 11.9. The fourth-order valence-corrected chi connectivity index (χ4v) is 1.85. The Hall–Kier alpha value is -2.53. The molecule has 0 saturated heterocycles. The highest BCUT2D eigenvalue weighted by Crippen LogP contribution is 2.21. The van der Waals surface area contributed by atoms with Crippen LogP contribution in [0, 0.1) is 6.92 Å².